The zero-order chi connectivity index (χ0) is 11.1. The third-order valence-corrected chi connectivity index (χ3v) is 4.24. The van der Waals surface area contributed by atoms with Gasteiger partial charge in [-0.2, -0.15) is 0 Å². The standard InChI is InChI=1S/C14H16O2/c15-13-4-2-1-3-11(13)14(16)12-8-9-5-6-10(12)7-9/h1-4,9-10,12,15H,5-8H2/t9-,10+,12?/m1/s1. The van der Waals surface area contributed by atoms with Crippen molar-refractivity contribution >= 4 is 5.78 Å². The van der Waals surface area contributed by atoms with Gasteiger partial charge in [-0.25, -0.2) is 0 Å². The SMILES string of the molecule is O=C(c1ccccc1O)C1C[C@@H]2CC[C@H]1C2. The molecular weight excluding hydrogens is 200 g/mol. The fraction of sp³-hybridized carbons (Fsp3) is 0.500. The number of hydrogen-bond donors (Lipinski definition) is 1. The number of para-hydroxylation sites is 1. The van der Waals surface area contributed by atoms with Crippen LogP contribution in [0.4, 0.5) is 0 Å². The average Bonchev–Trinajstić information content (AvgIpc) is 2.90. The molecule has 1 N–H and O–H groups in total. The van der Waals surface area contributed by atoms with Crippen molar-refractivity contribution in [2.24, 2.45) is 17.8 Å². The number of aromatic hydroxyl groups is 1. The number of carbonyl (C=O) groups excluding carboxylic acids is 1. The maximum atomic E-state index is 12.3. The van der Waals surface area contributed by atoms with E-state index >= 15 is 0 Å². The summed E-state index contributed by atoms with van der Waals surface area (Å²) in [6, 6.07) is 6.91. The van der Waals surface area contributed by atoms with Gasteiger partial charge in [0.05, 0.1) is 5.56 Å². The summed E-state index contributed by atoms with van der Waals surface area (Å²) in [6.45, 7) is 0. The van der Waals surface area contributed by atoms with Crippen LogP contribution in [0.2, 0.25) is 0 Å². The van der Waals surface area contributed by atoms with Crippen molar-refractivity contribution in [1.82, 2.24) is 0 Å². The molecule has 0 radical (unpaired) electrons. The van der Waals surface area contributed by atoms with Crippen molar-refractivity contribution in [2.75, 3.05) is 0 Å². The van der Waals surface area contributed by atoms with Gasteiger partial charge in [0.1, 0.15) is 5.75 Å². The van der Waals surface area contributed by atoms with Crippen LogP contribution in [0.3, 0.4) is 0 Å². The number of Topliss-reactive ketones (excluding diaryl/α,β-unsaturated/α-hetero) is 1. The van der Waals surface area contributed by atoms with E-state index in [9.17, 15) is 9.90 Å². The second kappa shape index (κ2) is 3.62. The second-order valence-electron chi connectivity index (χ2n) is 5.16. The molecule has 0 amide bonds. The number of rotatable bonds is 2. The molecule has 2 heteroatoms. The summed E-state index contributed by atoms with van der Waals surface area (Å²) in [6.07, 6.45) is 4.77. The molecule has 0 saturated heterocycles. The molecule has 1 aromatic rings. The highest BCUT2D eigenvalue weighted by atomic mass is 16.3. The molecule has 2 saturated carbocycles. The predicted molar refractivity (Wildman–Crippen MR) is 61.4 cm³/mol. The summed E-state index contributed by atoms with van der Waals surface area (Å²) in [7, 11) is 0. The fourth-order valence-electron chi connectivity index (χ4n) is 3.45. The van der Waals surface area contributed by atoms with E-state index in [-0.39, 0.29) is 17.5 Å². The summed E-state index contributed by atoms with van der Waals surface area (Å²) < 4.78 is 0. The van der Waals surface area contributed by atoms with Gasteiger partial charge in [0.2, 0.25) is 0 Å². The number of benzene rings is 1. The lowest BCUT2D eigenvalue weighted by Crippen LogP contribution is -2.21. The van der Waals surface area contributed by atoms with Gasteiger partial charge in [-0.3, -0.25) is 4.79 Å². The third-order valence-electron chi connectivity index (χ3n) is 4.24. The summed E-state index contributed by atoms with van der Waals surface area (Å²) in [5, 5.41) is 9.69. The Morgan fingerprint density at radius 3 is 2.62 bits per heavy atom. The largest absolute Gasteiger partial charge is 0.507 e. The van der Waals surface area contributed by atoms with E-state index in [1.807, 2.05) is 6.07 Å². The highest BCUT2D eigenvalue weighted by Gasteiger charge is 2.43. The molecule has 0 aliphatic heterocycles. The summed E-state index contributed by atoms with van der Waals surface area (Å²) >= 11 is 0. The van der Waals surface area contributed by atoms with Crippen LogP contribution in [-0.4, -0.2) is 10.9 Å². The number of ketones is 1. The lowest BCUT2D eigenvalue weighted by Gasteiger charge is -2.20. The van der Waals surface area contributed by atoms with Gasteiger partial charge in [-0.15, -0.1) is 0 Å². The maximum absolute atomic E-state index is 12.3. The van der Waals surface area contributed by atoms with Crippen LogP contribution in [0, 0.1) is 17.8 Å². The Morgan fingerprint density at radius 1 is 1.19 bits per heavy atom. The molecule has 1 unspecified atom stereocenters. The van der Waals surface area contributed by atoms with Crippen molar-refractivity contribution < 1.29 is 9.90 Å². The van der Waals surface area contributed by atoms with Gasteiger partial charge in [0, 0.05) is 5.92 Å². The molecule has 0 aromatic heterocycles. The minimum absolute atomic E-state index is 0.135. The van der Waals surface area contributed by atoms with Gasteiger partial charge < -0.3 is 5.11 Å². The molecule has 3 rings (SSSR count). The van der Waals surface area contributed by atoms with E-state index in [2.05, 4.69) is 0 Å². The molecule has 2 fully saturated rings. The first-order valence-electron chi connectivity index (χ1n) is 6.08. The minimum atomic E-state index is 0.135. The first kappa shape index (κ1) is 9.88. The Morgan fingerprint density at radius 2 is 2.00 bits per heavy atom. The number of carbonyl (C=O) groups is 1. The highest BCUT2D eigenvalue weighted by Crippen LogP contribution is 2.49. The maximum Gasteiger partial charge on any atom is 0.169 e. The van der Waals surface area contributed by atoms with E-state index in [1.165, 1.54) is 19.3 Å². The van der Waals surface area contributed by atoms with Crippen LogP contribution in [0.1, 0.15) is 36.0 Å². The molecule has 2 nitrogen and oxygen atoms in total. The molecule has 2 bridgehead atoms. The number of hydrogen-bond acceptors (Lipinski definition) is 2. The van der Waals surface area contributed by atoms with E-state index < -0.39 is 0 Å². The zero-order valence-corrected chi connectivity index (χ0v) is 9.23. The Kier molecular flexibility index (Phi) is 2.23. The van der Waals surface area contributed by atoms with Crippen molar-refractivity contribution in [2.45, 2.75) is 25.7 Å². The second-order valence-corrected chi connectivity index (χ2v) is 5.16. The Bertz CT molecular complexity index is 424. The summed E-state index contributed by atoms with van der Waals surface area (Å²) in [5.74, 6) is 1.81. The molecule has 84 valence electrons. The van der Waals surface area contributed by atoms with Gasteiger partial charge in [-0.05, 0) is 43.2 Å². The van der Waals surface area contributed by atoms with Crippen molar-refractivity contribution in [3.05, 3.63) is 29.8 Å². The van der Waals surface area contributed by atoms with E-state index in [0.29, 0.717) is 11.5 Å². The molecule has 3 atom stereocenters. The van der Waals surface area contributed by atoms with Crippen LogP contribution >= 0.6 is 0 Å². The highest BCUT2D eigenvalue weighted by molar-refractivity contribution is 6.00. The third kappa shape index (κ3) is 1.44. The average molecular weight is 216 g/mol. The monoisotopic (exact) mass is 216 g/mol. The van der Waals surface area contributed by atoms with Crippen LogP contribution in [0.15, 0.2) is 24.3 Å². The van der Waals surface area contributed by atoms with Crippen molar-refractivity contribution in [1.29, 1.82) is 0 Å². The summed E-state index contributed by atoms with van der Waals surface area (Å²) in [4.78, 5) is 12.3. The van der Waals surface area contributed by atoms with E-state index in [0.717, 1.165) is 12.3 Å². The lowest BCUT2D eigenvalue weighted by molar-refractivity contribution is 0.0872. The number of phenolic OH excluding ortho intramolecular Hbond substituents is 1. The Labute approximate surface area is 95.3 Å². The number of phenols is 1. The molecule has 16 heavy (non-hydrogen) atoms. The first-order valence-corrected chi connectivity index (χ1v) is 6.08. The van der Waals surface area contributed by atoms with Crippen LogP contribution < -0.4 is 0 Å². The Balaban J connectivity index is 1.86. The first-order chi connectivity index (χ1) is 7.75. The predicted octanol–water partition coefficient (Wildman–Crippen LogP) is 3.01. The van der Waals surface area contributed by atoms with E-state index in [1.54, 1.807) is 18.2 Å². The molecular formula is C14H16O2. The molecule has 0 spiro atoms. The van der Waals surface area contributed by atoms with Gasteiger partial charge >= 0.3 is 0 Å². The van der Waals surface area contributed by atoms with Gasteiger partial charge in [-0.1, -0.05) is 18.6 Å². The number of fused-ring (bicyclic) bond motifs is 2. The van der Waals surface area contributed by atoms with E-state index in [4.69, 9.17) is 0 Å². The summed E-state index contributed by atoms with van der Waals surface area (Å²) in [5.41, 5.74) is 0.514. The van der Waals surface area contributed by atoms with Gasteiger partial charge in [0.15, 0.2) is 5.78 Å². The van der Waals surface area contributed by atoms with Crippen LogP contribution in [0.5, 0.6) is 5.75 Å². The normalized spacial score (nSPS) is 31.9. The quantitative estimate of drug-likeness (QED) is 0.771. The van der Waals surface area contributed by atoms with Crippen LogP contribution in [0.25, 0.3) is 0 Å². The minimum Gasteiger partial charge on any atom is -0.507 e. The molecule has 2 aliphatic carbocycles. The molecule has 0 heterocycles. The van der Waals surface area contributed by atoms with Crippen LogP contribution in [-0.2, 0) is 0 Å². The topological polar surface area (TPSA) is 37.3 Å². The lowest BCUT2D eigenvalue weighted by atomic mass is 9.83. The fourth-order valence-corrected chi connectivity index (χ4v) is 3.45. The van der Waals surface area contributed by atoms with Crippen molar-refractivity contribution in [3.63, 3.8) is 0 Å². The molecule has 1 aromatic carbocycles. The van der Waals surface area contributed by atoms with Crippen molar-refractivity contribution in [3.8, 4) is 5.75 Å². The zero-order valence-electron chi connectivity index (χ0n) is 9.23. The van der Waals surface area contributed by atoms with Gasteiger partial charge in [0.25, 0.3) is 0 Å². The smallest absolute Gasteiger partial charge is 0.169 e. The molecule has 2 aliphatic rings. The Hall–Kier alpha value is -1.31.